The highest BCUT2D eigenvalue weighted by Gasteiger charge is 1.95. The van der Waals surface area contributed by atoms with Gasteiger partial charge in [-0.05, 0) is 12.1 Å². The molecule has 0 bridgehead atoms. The van der Waals surface area contributed by atoms with Crippen molar-refractivity contribution in [2.24, 2.45) is 7.05 Å². The van der Waals surface area contributed by atoms with E-state index in [1.54, 1.807) is 0 Å². The van der Waals surface area contributed by atoms with Crippen molar-refractivity contribution in [3.63, 3.8) is 0 Å². The van der Waals surface area contributed by atoms with Gasteiger partial charge >= 0.3 is 0 Å². The van der Waals surface area contributed by atoms with E-state index >= 15 is 0 Å². The van der Waals surface area contributed by atoms with Crippen LogP contribution in [0.25, 0.3) is 0 Å². The summed E-state index contributed by atoms with van der Waals surface area (Å²) in [5.41, 5.74) is 2.22. The van der Waals surface area contributed by atoms with E-state index in [-0.39, 0.29) is 0 Å². The van der Waals surface area contributed by atoms with Gasteiger partial charge in [0, 0.05) is 17.8 Å². The van der Waals surface area contributed by atoms with Crippen molar-refractivity contribution >= 4 is 11.4 Å². The van der Waals surface area contributed by atoms with Crippen LogP contribution < -0.4 is 9.88 Å². The molecule has 0 spiro atoms. The summed E-state index contributed by atoms with van der Waals surface area (Å²) < 4.78 is 2.01. The highest BCUT2D eigenvalue weighted by atomic mass is 14.9. The van der Waals surface area contributed by atoms with E-state index in [1.165, 1.54) is 0 Å². The normalized spacial score (nSPS) is 9.79. The van der Waals surface area contributed by atoms with E-state index in [9.17, 15) is 0 Å². The summed E-state index contributed by atoms with van der Waals surface area (Å²) in [6.45, 7) is 0. The topological polar surface area (TPSA) is 15.9 Å². The van der Waals surface area contributed by atoms with Gasteiger partial charge in [0.05, 0.1) is 5.69 Å². The summed E-state index contributed by atoms with van der Waals surface area (Å²) in [5.74, 6) is 0. The fraction of sp³-hybridized carbons (Fsp3) is 0.0833. The van der Waals surface area contributed by atoms with Gasteiger partial charge in [-0.3, -0.25) is 0 Å². The molecule has 1 aromatic heterocycles. The molecule has 1 heterocycles. The first-order valence-corrected chi connectivity index (χ1v) is 4.62. The number of para-hydroxylation sites is 1. The van der Waals surface area contributed by atoms with Crippen LogP contribution in [0.2, 0.25) is 0 Å². The van der Waals surface area contributed by atoms with Crippen molar-refractivity contribution in [2.75, 3.05) is 5.32 Å². The Morgan fingerprint density at radius 1 is 0.857 bits per heavy atom. The fourth-order valence-corrected chi connectivity index (χ4v) is 1.27. The van der Waals surface area contributed by atoms with Crippen molar-refractivity contribution in [1.29, 1.82) is 0 Å². The maximum atomic E-state index is 3.32. The van der Waals surface area contributed by atoms with E-state index < -0.39 is 0 Å². The Labute approximate surface area is 83.8 Å². The quantitative estimate of drug-likeness (QED) is 0.710. The fourth-order valence-electron chi connectivity index (χ4n) is 1.27. The number of pyridine rings is 1. The summed E-state index contributed by atoms with van der Waals surface area (Å²) in [4.78, 5) is 0. The Bertz CT molecular complexity index is 392. The number of nitrogens with one attached hydrogen (secondary N) is 1. The summed E-state index contributed by atoms with van der Waals surface area (Å²) in [6, 6.07) is 14.2. The Morgan fingerprint density at radius 3 is 2.07 bits per heavy atom. The molecule has 1 N–H and O–H groups in total. The van der Waals surface area contributed by atoms with Crippen LogP contribution in [0, 0.1) is 0 Å². The van der Waals surface area contributed by atoms with Gasteiger partial charge in [-0.1, -0.05) is 18.2 Å². The molecule has 0 radical (unpaired) electrons. The minimum Gasteiger partial charge on any atom is -0.355 e. The minimum atomic E-state index is 1.11. The van der Waals surface area contributed by atoms with Gasteiger partial charge in [0.1, 0.15) is 7.05 Å². The van der Waals surface area contributed by atoms with Crippen molar-refractivity contribution < 1.29 is 4.57 Å². The molecule has 2 rings (SSSR count). The average molecular weight is 185 g/mol. The first kappa shape index (κ1) is 8.75. The van der Waals surface area contributed by atoms with Crippen LogP contribution in [-0.4, -0.2) is 0 Å². The number of aromatic nitrogens is 1. The first-order chi connectivity index (χ1) is 6.84. The molecule has 2 nitrogen and oxygen atoms in total. The molecule has 0 amide bonds. The number of hydrogen-bond donors (Lipinski definition) is 1. The van der Waals surface area contributed by atoms with E-state index in [0.717, 1.165) is 11.4 Å². The van der Waals surface area contributed by atoms with Crippen LogP contribution in [-0.2, 0) is 7.05 Å². The van der Waals surface area contributed by atoms with Crippen molar-refractivity contribution in [1.82, 2.24) is 0 Å². The number of rotatable bonds is 2. The Morgan fingerprint density at radius 2 is 1.43 bits per heavy atom. The molecule has 0 aliphatic carbocycles. The third kappa shape index (κ3) is 2.10. The Kier molecular flexibility index (Phi) is 2.45. The van der Waals surface area contributed by atoms with E-state index in [1.807, 2.05) is 66.5 Å². The maximum absolute atomic E-state index is 3.32. The molecule has 0 atom stereocenters. The lowest BCUT2D eigenvalue weighted by molar-refractivity contribution is -0.671. The second kappa shape index (κ2) is 3.92. The number of aryl methyl sites for hydroxylation is 1. The highest BCUT2D eigenvalue weighted by molar-refractivity contribution is 5.57. The number of anilines is 2. The average Bonchev–Trinajstić information content (AvgIpc) is 2.23. The molecular formula is C12H13N2+. The van der Waals surface area contributed by atoms with Crippen LogP contribution in [0.3, 0.4) is 0 Å². The highest BCUT2D eigenvalue weighted by Crippen LogP contribution is 2.13. The van der Waals surface area contributed by atoms with Gasteiger partial charge in [0.25, 0.3) is 0 Å². The standard InChI is InChI=1S/C12H12N2/c1-14-9-7-12(8-10-14)13-11-5-3-2-4-6-11/h2-10H,1H3/p+1. The van der Waals surface area contributed by atoms with Crippen LogP contribution >= 0.6 is 0 Å². The predicted molar refractivity (Wildman–Crippen MR) is 57.3 cm³/mol. The van der Waals surface area contributed by atoms with Gasteiger partial charge in [0.2, 0.25) is 0 Å². The van der Waals surface area contributed by atoms with Crippen LogP contribution in [0.5, 0.6) is 0 Å². The molecule has 2 aromatic rings. The molecule has 0 unspecified atom stereocenters. The van der Waals surface area contributed by atoms with Crippen LogP contribution in [0.4, 0.5) is 11.4 Å². The second-order valence-corrected chi connectivity index (χ2v) is 3.24. The Hall–Kier alpha value is -1.83. The largest absolute Gasteiger partial charge is 0.355 e. The molecule has 14 heavy (non-hydrogen) atoms. The van der Waals surface area contributed by atoms with Crippen molar-refractivity contribution in [3.05, 3.63) is 54.9 Å². The lowest BCUT2D eigenvalue weighted by atomic mass is 10.3. The SMILES string of the molecule is C[n+]1ccc(Nc2ccccc2)cc1. The van der Waals surface area contributed by atoms with Crippen LogP contribution in [0.1, 0.15) is 0 Å². The van der Waals surface area contributed by atoms with Gasteiger partial charge in [0.15, 0.2) is 12.4 Å². The second-order valence-electron chi connectivity index (χ2n) is 3.24. The lowest BCUT2D eigenvalue weighted by Gasteiger charge is -2.03. The predicted octanol–water partition coefficient (Wildman–Crippen LogP) is 2.25. The zero-order valence-corrected chi connectivity index (χ0v) is 8.14. The van der Waals surface area contributed by atoms with E-state index in [4.69, 9.17) is 0 Å². The molecule has 0 fully saturated rings. The minimum absolute atomic E-state index is 1.11. The molecule has 70 valence electrons. The number of benzene rings is 1. The zero-order valence-electron chi connectivity index (χ0n) is 8.14. The lowest BCUT2D eigenvalue weighted by Crippen LogP contribution is -2.25. The van der Waals surface area contributed by atoms with E-state index in [0.29, 0.717) is 0 Å². The number of hydrogen-bond acceptors (Lipinski definition) is 1. The molecule has 1 aromatic carbocycles. The Balaban J connectivity index is 2.16. The van der Waals surface area contributed by atoms with E-state index in [2.05, 4.69) is 5.32 Å². The third-order valence-corrected chi connectivity index (χ3v) is 2.04. The summed E-state index contributed by atoms with van der Waals surface area (Å²) in [7, 11) is 2.01. The smallest absolute Gasteiger partial charge is 0.170 e. The monoisotopic (exact) mass is 185 g/mol. The molecule has 0 aliphatic rings. The first-order valence-electron chi connectivity index (χ1n) is 4.62. The summed E-state index contributed by atoms with van der Waals surface area (Å²) in [6.07, 6.45) is 4.04. The molecule has 2 heteroatoms. The molecule has 0 saturated carbocycles. The van der Waals surface area contributed by atoms with Gasteiger partial charge in [-0.15, -0.1) is 0 Å². The maximum Gasteiger partial charge on any atom is 0.170 e. The molecule has 0 saturated heterocycles. The summed E-state index contributed by atoms with van der Waals surface area (Å²) in [5, 5.41) is 3.32. The van der Waals surface area contributed by atoms with Crippen molar-refractivity contribution in [2.45, 2.75) is 0 Å². The van der Waals surface area contributed by atoms with Gasteiger partial charge in [-0.25, -0.2) is 4.57 Å². The molecular weight excluding hydrogens is 172 g/mol. The van der Waals surface area contributed by atoms with Gasteiger partial charge < -0.3 is 5.32 Å². The van der Waals surface area contributed by atoms with Crippen molar-refractivity contribution in [3.8, 4) is 0 Å². The zero-order chi connectivity index (χ0) is 9.80. The molecule has 0 aliphatic heterocycles. The third-order valence-electron chi connectivity index (χ3n) is 2.04. The van der Waals surface area contributed by atoms with Gasteiger partial charge in [-0.2, -0.15) is 0 Å². The van der Waals surface area contributed by atoms with Crippen LogP contribution in [0.15, 0.2) is 54.9 Å². The number of nitrogens with zero attached hydrogens (tertiary/aromatic N) is 1. The summed E-state index contributed by atoms with van der Waals surface area (Å²) >= 11 is 0.